The van der Waals surface area contributed by atoms with Crippen molar-refractivity contribution in [1.29, 1.82) is 0 Å². The van der Waals surface area contributed by atoms with Gasteiger partial charge in [-0.1, -0.05) is 322 Å². The number of quaternary nitrogens is 1. The van der Waals surface area contributed by atoms with E-state index < -0.39 is 26.6 Å². The van der Waals surface area contributed by atoms with Gasteiger partial charge in [-0.05, 0) is 89.9 Å². The first-order valence-electron chi connectivity index (χ1n) is 34.9. The normalized spacial score (nSPS) is 14.4. The molecule has 0 saturated carbocycles. The van der Waals surface area contributed by atoms with Crippen LogP contribution < -0.4 is 10.2 Å². The van der Waals surface area contributed by atoms with Gasteiger partial charge in [0, 0.05) is 6.42 Å². The molecule has 8 nitrogen and oxygen atoms in total. The molecule has 0 aromatic carbocycles. The summed E-state index contributed by atoms with van der Waals surface area (Å²) in [5.41, 5.74) is 0. The van der Waals surface area contributed by atoms with Gasteiger partial charge in [-0.3, -0.25) is 9.36 Å². The first kappa shape index (κ1) is 80.9. The highest BCUT2D eigenvalue weighted by Gasteiger charge is 2.23. The molecule has 0 fully saturated rings. The van der Waals surface area contributed by atoms with Crippen LogP contribution in [0.15, 0.2) is 122 Å². The van der Waals surface area contributed by atoms with Gasteiger partial charge in [-0.15, -0.1) is 0 Å². The average molecular weight is 1190 g/mol. The Morgan fingerprint density at radius 1 is 0.429 bits per heavy atom. The summed E-state index contributed by atoms with van der Waals surface area (Å²) in [7, 11) is 1.23. The SMILES string of the molecule is CC/C=C\C/C=C\C/C=C\C/C=C\C/C=C\C/C=C\C/C=C\C/C=C\C/C=C\CCCCCC(=O)NC(COP(=O)([O-])OCC[N+](C)(C)C)C(O)/C=C/CCCCCCCCCCCCCCCCCCCCCCCCCCCCCCC. The van der Waals surface area contributed by atoms with Crippen molar-refractivity contribution in [3.63, 3.8) is 0 Å². The largest absolute Gasteiger partial charge is 0.756 e. The minimum absolute atomic E-state index is 0.0141. The van der Waals surface area contributed by atoms with Gasteiger partial charge in [-0.2, -0.15) is 0 Å². The van der Waals surface area contributed by atoms with Gasteiger partial charge < -0.3 is 28.8 Å². The summed E-state index contributed by atoms with van der Waals surface area (Å²) in [6.45, 7) is 4.53. The zero-order chi connectivity index (χ0) is 61.2. The van der Waals surface area contributed by atoms with Crippen molar-refractivity contribution in [1.82, 2.24) is 5.32 Å². The van der Waals surface area contributed by atoms with Crippen LogP contribution >= 0.6 is 7.82 Å². The number of rotatable bonds is 63. The molecular formula is C75H133N2O6P. The minimum Gasteiger partial charge on any atom is -0.756 e. The van der Waals surface area contributed by atoms with Crippen molar-refractivity contribution in [3.05, 3.63) is 122 Å². The lowest BCUT2D eigenvalue weighted by Crippen LogP contribution is -2.45. The minimum atomic E-state index is -4.62. The molecule has 0 rings (SSSR count). The fourth-order valence-electron chi connectivity index (χ4n) is 9.80. The number of amides is 1. The lowest BCUT2D eigenvalue weighted by atomic mass is 10.0. The molecule has 0 aromatic heterocycles. The maximum absolute atomic E-state index is 13.0. The van der Waals surface area contributed by atoms with Crippen LogP contribution in [0.3, 0.4) is 0 Å². The number of hydrogen-bond acceptors (Lipinski definition) is 6. The smallest absolute Gasteiger partial charge is 0.268 e. The number of nitrogens with zero attached hydrogens (tertiary/aromatic N) is 1. The molecule has 0 aromatic rings. The topological polar surface area (TPSA) is 108 Å². The number of carbonyl (C=O) groups is 1. The Morgan fingerprint density at radius 2 is 0.726 bits per heavy atom. The number of unbranched alkanes of at least 4 members (excludes halogenated alkanes) is 32. The van der Waals surface area contributed by atoms with Crippen molar-refractivity contribution >= 4 is 13.7 Å². The fraction of sp³-hybridized carbons (Fsp3) is 0.720. The predicted molar refractivity (Wildman–Crippen MR) is 366 cm³/mol. The predicted octanol–water partition coefficient (Wildman–Crippen LogP) is 21.8. The van der Waals surface area contributed by atoms with Gasteiger partial charge in [-0.25, -0.2) is 0 Å². The molecule has 0 aliphatic rings. The number of nitrogens with one attached hydrogen (secondary N) is 1. The van der Waals surface area contributed by atoms with E-state index in [0.29, 0.717) is 23.9 Å². The molecule has 0 aliphatic carbocycles. The quantitative estimate of drug-likeness (QED) is 0.0272. The molecule has 0 heterocycles. The van der Waals surface area contributed by atoms with Crippen LogP contribution in [0.25, 0.3) is 0 Å². The number of aliphatic hydroxyl groups is 1. The third-order valence-electron chi connectivity index (χ3n) is 15.2. The maximum Gasteiger partial charge on any atom is 0.268 e. The number of allylic oxidation sites excluding steroid dienone is 19. The van der Waals surface area contributed by atoms with E-state index in [9.17, 15) is 19.4 Å². The van der Waals surface area contributed by atoms with E-state index in [0.717, 1.165) is 96.3 Å². The molecule has 2 N–H and O–H groups in total. The van der Waals surface area contributed by atoms with Crippen LogP contribution in [0.5, 0.6) is 0 Å². The van der Waals surface area contributed by atoms with E-state index in [2.05, 4.69) is 129 Å². The standard InChI is InChI=1S/C75H133N2O6P/c1-6-8-10-12-14-16-18-20-22-24-26-28-30-32-34-36-38-40-42-44-46-48-50-52-54-56-58-60-62-64-66-68-74(78)73(72-83-84(80,81)82-71-70-77(3,4)5)76-75(79)69-67-65-63-61-59-57-55-53-51-49-47-45-43-41-39-37-35-33-31-29-27-25-23-21-19-17-15-13-11-9-7-2/h9,11,15,17,21,23,27,29,33,35,39,41,45,47,51,53,57,59,66,68,73-74,78H,6-8,10,12-14,16,18-20,22,24-26,28,30-32,34,36-38,40,42-44,46,48-50,52,54-56,58,60-65,67,69-72H2,1-5H3,(H-,76,79,80,81)/b11-9-,17-15-,23-21-,29-27-,35-33-,41-39-,47-45-,53-51-,59-57-,68-66+. The number of hydrogen-bond donors (Lipinski definition) is 2. The highest BCUT2D eigenvalue weighted by molar-refractivity contribution is 7.45. The zero-order valence-corrected chi connectivity index (χ0v) is 56.2. The summed E-state index contributed by atoms with van der Waals surface area (Å²) < 4.78 is 23.4. The Kier molecular flexibility index (Phi) is 62.0. The highest BCUT2D eigenvalue weighted by Crippen LogP contribution is 2.38. The number of phosphoric ester groups is 1. The second kappa shape index (κ2) is 64.4. The van der Waals surface area contributed by atoms with Crippen molar-refractivity contribution in [3.8, 4) is 0 Å². The van der Waals surface area contributed by atoms with Crippen molar-refractivity contribution in [2.75, 3.05) is 40.9 Å². The molecule has 484 valence electrons. The summed E-state index contributed by atoms with van der Waals surface area (Å²) in [5.74, 6) is -0.231. The van der Waals surface area contributed by atoms with Crippen molar-refractivity contribution < 1.29 is 32.9 Å². The Morgan fingerprint density at radius 3 is 1.06 bits per heavy atom. The molecule has 1 amide bonds. The first-order valence-corrected chi connectivity index (χ1v) is 36.4. The maximum atomic E-state index is 13.0. The molecule has 3 atom stereocenters. The van der Waals surface area contributed by atoms with E-state index in [1.54, 1.807) is 6.08 Å². The van der Waals surface area contributed by atoms with Crippen LogP contribution in [0, 0.1) is 0 Å². The lowest BCUT2D eigenvalue weighted by Gasteiger charge is -2.29. The van der Waals surface area contributed by atoms with Crippen LogP contribution in [-0.2, 0) is 18.4 Å². The third kappa shape index (κ3) is 66.4. The monoisotopic (exact) mass is 1190 g/mol. The van der Waals surface area contributed by atoms with E-state index in [-0.39, 0.29) is 12.5 Å². The van der Waals surface area contributed by atoms with Gasteiger partial charge in [0.25, 0.3) is 7.82 Å². The molecule has 0 aliphatic heterocycles. The lowest BCUT2D eigenvalue weighted by molar-refractivity contribution is -0.870. The number of likely N-dealkylation sites (N-methyl/N-ethyl adjacent to an activating group) is 1. The number of aliphatic hydroxyl groups excluding tert-OH is 1. The Bertz CT molecular complexity index is 1780. The van der Waals surface area contributed by atoms with Crippen LogP contribution in [0.4, 0.5) is 0 Å². The van der Waals surface area contributed by atoms with Crippen LogP contribution in [0.1, 0.15) is 296 Å². The summed E-state index contributed by atoms with van der Waals surface area (Å²) >= 11 is 0. The fourth-order valence-corrected chi connectivity index (χ4v) is 10.5. The second-order valence-electron chi connectivity index (χ2n) is 24.5. The molecular weight excluding hydrogens is 1060 g/mol. The van der Waals surface area contributed by atoms with Gasteiger partial charge >= 0.3 is 0 Å². The third-order valence-corrected chi connectivity index (χ3v) is 16.1. The zero-order valence-electron chi connectivity index (χ0n) is 55.3. The van der Waals surface area contributed by atoms with Gasteiger partial charge in [0.15, 0.2) is 0 Å². The molecule has 0 bridgehead atoms. The summed E-state index contributed by atoms with van der Waals surface area (Å²) in [4.78, 5) is 25.6. The second-order valence-corrected chi connectivity index (χ2v) is 25.9. The summed E-state index contributed by atoms with van der Waals surface area (Å²) in [6.07, 6.45) is 96.0. The average Bonchev–Trinajstić information content (AvgIpc) is 3.56. The molecule has 3 unspecified atom stereocenters. The molecule has 9 heteroatoms. The summed E-state index contributed by atoms with van der Waals surface area (Å²) in [5, 5.41) is 13.9. The van der Waals surface area contributed by atoms with Gasteiger partial charge in [0.1, 0.15) is 13.2 Å². The van der Waals surface area contributed by atoms with E-state index >= 15 is 0 Å². The van der Waals surface area contributed by atoms with Gasteiger partial charge in [0.05, 0.1) is 39.9 Å². The van der Waals surface area contributed by atoms with E-state index in [1.807, 2.05) is 27.2 Å². The molecule has 84 heavy (non-hydrogen) atoms. The molecule has 0 spiro atoms. The molecule has 0 saturated heterocycles. The van der Waals surface area contributed by atoms with Crippen LogP contribution in [-0.4, -0.2) is 68.5 Å². The first-order chi connectivity index (χ1) is 41.0. The van der Waals surface area contributed by atoms with E-state index in [4.69, 9.17) is 9.05 Å². The molecule has 0 radical (unpaired) electrons. The Hall–Kier alpha value is -3.10. The Balaban J connectivity index is 4.20. The highest BCUT2D eigenvalue weighted by atomic mass is 31.2. The Labute approximate surface area is 520 Å². The van der Waals surface area contributed by atoms with E-state index in [1.165, 1.54) is 173 Å². The summed E-state index contributed by atoms with van der Waals surface area (Å²) in [6, 6.07) is -0.916. The van der Waals surface area contributed by atoms with Gasteiger partial charge in [0.2, 0.25) is 5.91 Å². The van der Waals surface area contributed by atoms with Crippen LogP contribution in [0.2, 0.25) is 0 Å². The van der Waals surface area contributed by atoms with Crippen molar-refractivity contribution in [2.45, 2.75) is 309 Å². The number of phosphoric acid groups is 1. The van der Waals surface area contributed by atoms with Crippen molar-refractivity contribution in [2.24, 2.45) is 0 Å². The number of carbonyl (C=O) groups excluding carboxylic acids is 1.